The van der Waals surface area contributed by atoms with Crippen molar-refractivity contribution in [2.24, 2.45) is 11.8 Å². The predicted molar refractivity (Wildman–Crippen MR) is 106 cm³/mol. The van der Waals surface area contributed by atoms with E-state index < -0.39 is 6.10 Å². The van der Waals surface area contributed by atoms with Gasteiger partial charge in [0.2, 0.25) is 6.79 Å². The largest absolute Gasteiger partial charge is 0.488 e. The van der Waals surface area contributed by atoms with Crippen LogP contribution in [0.5, 0.6) is 17.2 Å². The number of rotatable bonds is 3. The molecule has 5 rings (SSSR count). The number of hydrogen-bond acceptors (Lipinski definition) is 6. The topological polar surface area (TPSA) is 92.0 Å². The molecule has 0 aromatic heterocycles. The molecule has 1 amide bonds. The molecule has 1 saturated heterocycles. The molecule has 0 bridgehead atoms. The summed E-state index contributed by atoms with van der Waals surface area (Å²) >= 11 is 0. The highest BCUT2D eigenvalue weighted by molar-refractivity contribution is 5.96. The molecule has 7 nitrogen and oxygen atoms in total. The van der Waals surface area contributed by atoms with Gasteiger partial charge in [-0.25, -0.2) is 0 Å². The van der Waals surface area contributed by atoms with E-state index >= 15 is 0 Å². The molecular weight excluding hydrogens is 384 g/mol. The first kappa shape index (κ1) is 18.8. The lowest BCUT2D eigenvalue weighted by Crippen LogP contribution is -2.42. The van der Waals surface area contributed by atoms with Gasteiger partial charge in [0.15, 0.2) is 11.5 Å². The first-order valence-corrected chi connectivity index (χ1v) is 10.1. The molecule has 0 spiro atoms. The maximum Gasteiger partial charge on any atom is 0.255 e. The molecule has 2 heterocycles. The Morgan fingerprint density at radius 3 is 2.70 bits per heavy atom. The summed E-state index contributed by atoms with van der Waals surface area (Å²) in [5, 5.41) is 20.0. The summed E-state index contributed by atoms with van der Waals surface area (Å²) in [6.07, 6.45) is 0.319. The zero-order valence-corrected chi connectivity index (χ0v) is 16.4. The molecule has 2 aromatic carbocycles. The third-order valence-electron chi connectivity index (χ3n) is 6.28. The Kier molecular flexibility index (Phi) is 4.72. The average Bonchev–Trinajstić information content (AvgIpc) is 3.39. The van der Waals surface area contributed by atoms with Crippen LogP contribution in [0.4, 0.5) is 0 Å². The number of carbonyl (C=O) groups excluding carboxylic acids is 1. The summed E-state index contributed by atoms with van der Waals surface area (Å²) < 4.78 is 16.8. The second-order valence-corrected chi connectivity index (χ2v) is 8.10. The fourth-order valence-electron chi connectivity index (χ4n) is 4.75. The Labute approximate surface area is 174 Å². The normalized spacial score (nSPS) is 26.7. The summed E-state index contributed by atoms with van der Waals surface area (Å²) in [6.45, 7) is 1.40. The van der Waals surface area contributed by atoms with Gasteiger partial charge in [0.05, 0.1) is 23.3 Å². The number of aliphatic hydroxyl groups is 1. The number of nitriles is 1. The molecule has 1 saturated carbocycles. The molecule has 1 N–H and O–H groups in total. The molecule has 0 unspecified atom stereocenters. The number of hydrogen-bond donors (Lipinski definition) is 1. The van der Waals surface area contributed by atoms with Crippen LogP contribution in [0.15, 0.2) is 42.5 Å². The third kappa shape index (κ3) is 3.33. The highest BCUT2D eigenvalue weighted by atomic mass is 16.7. The van der Waals surface area contributed by atoms with Gasteiger partial charge in [-0.1, -0.05) is 12.1 Å². The second kappa shape index (κ2) is 7.54. The van der Waals surface area contributed by atoms with E-state index in [-0.39, 0.29) is 30.6 Å². The summed E-state index contributed by atoms with van der Waals surface area (Å²) in [4.78, 5) is 14.8. The molecule has 0 radical (unpaired) electrons. The van der Waals surface area contributed by atoms with Gasteiger partial charge >= 0.3 is 0 Å². The van der Waals surface area contributed by atoms with Gasteiger partial charge in [0.1, 0.15) is 11.9 Å². The minimum atomic E-state index is -0.599. The number of fused-ring (bicyclic) bond motifs is 2. The number of aliphatic hydroxyl groups excluding tert-OH is 1. The molecule has 1 aliphatic carbocycles. The van der Waals surface area contributed by atoms with Crippen LogP contribution in [0, 0.1) is 23.2 Å². The highest BCUT2D eigenvalue weighted by Gasteiger charge is 2.44. The maximum atomic E-state index is 13.0. The predicted octanol–water partition coefficient (Wildman–Crippen LogP) is 2.58. The number of carbonyl (C=O) groups is 1. The van der Waals surface area contributed by atoms with E-state index in [1.807, 2.05) is 6.07 Å². The Morgan fingerprint density at radius 1 is 1.10 bits per heavy atom. The van der Waals surface area contributed by atoms with Crippen LogP contribution in [-0.2, 0) is 0 Å². The number of benzene rings is 2. The van der Waals surface area contributed by atoms with E-state index in [1.165, 1.54) is 0 Å². The number of ether oxygens (including phenoxy) is 3. The lowest BCUT2D eigenvalue weighted by molar-refractivity contribution is -0.0232. The Balaban J connectivity index is 1.27. The van der Waals surface area contributed by atoms with Crippen LogP contribution in [0.25, 0.3) is 0 Å². The fourth-order valence-corrected chi connectivity index (χ4v) is 4.75. The lowest BCUT2D eigenvalue weighted by Gasteiger charge is -2.35. The summed E-state index contributed by atoms with van der Waals surface area (Å²) in [5.41, 5.74) is 0.828. The van der Waals surface area contributed by atoms with Crippen molar-refractivity contribution >= 4 is 5.91 Å². The lowest BCUT2D eigenvalue weighted by atomic mass is 9.78. The third-order valence-corrected chi connectivity index (χ3v) is 6.28. The van der Waals surface area contributed by atoms with Gasteiger partial charge in [0.25, 0.3) is 5.91 Å². The zero-order chi connectivity index (χ0) is 20.7. The standard InChI is InChI=1S/C23H22N2O5/c24-10-14-3-1-2-4-18(14)23(27)25-11-15-7-19(26)21(8-16(15)12-25)30-17-5-6-20-22(9-17)29-13-28-20/h1-6,9,15-16,19,21,26H,7-8,11-13H2/t15-,16+,19+,21+/m0/s1. The van der Waals surface area contributed by atoms with E-state index in [2.05, 4.69) is 6.07 Å². The molecule has 4 atom stereocenters. The molecule has 154 valence electrons. The van der Waals surface area contributed by atoms with Crippen LogP contribution in [0.1, 0.15) is 28.8 Å². The Bertz CT molecular complexity index is 1020. The fraction of sp³-hybridized carbons (Fsp3) is 0.391. The monoisotopic (exact) mass is 406 g/mol. The van der Waals surface area contributed by atoms with Gasteiger partial charge in [-0.3, -0.25) is 4.79 Å². The van der Waals surface area contributed by atoms with Gasteiger partial charge in [-0.15, -0.1) is 0 Å². The van der Waals surface area contributed by atoms with E-state index in [4.69, 9.17) is 14.2 Å². The SMILES string of the molecule is N#Cc1ccccc1C(=O)N1C[C@H]2C[C@@H](Oc3ccc4c(c3)OCO4)[C@H](O)C[C@H]2C1. The van der Waals surface area contributed by atoms with E-state index in [0.717, 1.165) is 0 Å². The summed E-state index contributed by atoms with van der Waals surface area (Å²) in [7, 11) is 0. The van der Waals surface area contributed by atoms with Crippen molar-refractivity contribution in [2.75, 3.05) is 19.9 Å². The van der Waals surface area contributed by atoms with Gasteiger partial charge in [-0.2, -0.15) is 5.26 Å². The number of nitrogens with zero attached hydrogens (tertiary/aromatic N) is 2. The summed E-state index contributed by atoms with van der Waals surface area (Å²) in [5.74, 6) is 2.33. The number of amides is 1. The number of likely N-dealkylation sites (tertiary alicyclic amines) is 1. The molecule has 2 aromatic rings. The van der Waals surface area contributed by atoms with Gasteiger partial charge < -0.3 is 24.2 Å². The first-order chi connectivity index (χ1) is 14.6. The van der Waals surface area contributed by atoms with Gasteiger partial charge in [-0.05, 0) is 48.9 Å². The van der Waals surface area contributed by atoms with Crippen LogP contribution < -0.4 is 14.2 Å². The van der Waals surface area contributed by atoms with Crippen molar-refractivity contribution in [3.05, 3.63) is 53.6 Å². The van der Waals surface area contributed by atoms with E-state index in [1.54, 1.807) is 41.3 Å². The van der Waals surface area contributed by atoms with Crippen LogP contribution >= 0.6 is 0 Å². The van der Waals surface area contributed by atoms with Crippen LogP contribution in [0.2, 0.25) is 0 Å². The molecule has 2 fully saturated rings. The Morgan fingerprint density at radius 2 is 1.87 bits per heavy atom. The van der Waals surface area contributed by atoms with Crippen LogP contribution in [0.3, 0.4) is 0 Å². The Hall–Kier alpha value is -3.24. The molecule has 7 heteroatoms. The first-order valence-electron chi connectivity index (χ1n) is 10.1. The zero-order valence-electron chi connectivity index (χ0n) is 16.4. The smallest absolute Gasteiger partial charge is 0.255 e. The van der Waals surface area contributed by atoms with Crippen molar-refractivity contribution < 1.29 is 24.1 Å². The van der Waals surface area contributed by atoms with Crippen molar-refractivity contribution in [1.82, 2.24) is 4.90 Å². The van der Waals surface area contributed by atoms with Crippen LogP contribution in [-0.4, -0.2) is 48.0 Å². The van der Waals surface area contributed by atoms with Crippen molar-refractivity contribution in [3.8, 4) is 23.3 Å². The molecule has 3 aliphatic rings. The van der Waals surface area contributed by atoms with Crippen molar-refractivity contribution in [2.45, 2.75) is 25.0 Å². The van der Waals surface area contributed by atoms with E-state index in [9.17, 15) is 15.2 Å². The molecule has 30 heavy (non-hydrogen) atoms. The van der Waals surface area contributed by atoms with Crippen molar-refractivity contribution in [3.63, 3.8) is 0 Å². The second-order valence-electron chi connectivity index (χ2n) is 8.10. The van der Waals surface area contributed by atoms with E-state index in [0.29, 0.717) is 54.3 Å². The minimum Gasteiger partial charge on any atom is -0.488 e. The average molecular weight is 406 g/mol. The quantitative estimate of drug-likeness (QED) is 0.842. The molecule has 2 aliphatic heterocycles. The molecular formula is C23H22N2O5. The van der Waals surface area contributed by atoms with Gasteiger partial charge in [0, 0.05) is 19.2 Å². The summed E-state index contributed by atoms with van der Waals surface area (Å²) in [6, 6.07) is 14.4. The highest BCUT2D eigenvalue weighted by Crippen LogP contribution is 2.40. The minimum absolute atomic E-state index is 0.121. The van der Waals surface area contributed by atoms with Crippen molar-refractivity contribution in [1.29, 1.82) is 5.26 Å². The maximum absolute atomic E-state index is 13.0.